The second-order valence-corrected chi connectivity index (χ2v) is 7.58. The van der Waals surface area contributed by atoms with Gasteiger partial charge in [-0.25, -0.2) is 15.4 Å². The molecular weight excluding hydrogens is 472 g/mol. The molecule has 0 radical (unpaired) electrons. The molecule has 0 spiro atoms. The first-order valence-corrected chi connectivity index (χ1v) is 9.87. The number of anilines is 1. The highest BCUT2D eigenvalue weighted by atomic mass is 19.4. The van der Waals surface area contributed by atoms with E-state index < -0.39 is 47.0 Å². The van der Waals surface area contributed by atoms with Crippen molar-refractivity contribution in [2.75, 3.05) is 11.4 Å². The maximum Gasteiger partial charge on any atom is 0.421 e. The molecule has 0 aliphatic carbocycles. The second-order valence-electron chi connectivity index (χ2n) is 7.58. The van der Waals surface area contributed by atoms with E-state index in [1.165, 1.54) is 18.0 Å². The van der Waals surface area contributed by atoms with Crippen molar-refractivity contribution in [2.24, 2.45) is 5.92 Å². The molecule has 2 aromatic rings. The number of halogens is 6. The van der Waals surface area contributed by atoms with E-state index in [1.807, 2.05) is 4.98 Å². The Morgan fingerprint density at radius 2 is 1.85 bits per heavy atom. The number of amides is 1. The number of H-pyrrole nitrogens is 1. The second kappa shape index (κ2) is 9.44. The van der Waals surface area contributed by atoms with Gasteiger partial charge in [-0.2, -0.15) is 26.3 Å². The average Bonchev–Trinajstić information content (AvgIpc) is 2.76. The minimum atomic E-state index is -4.85. The van der Waals surface area contributed by atoms with Crippen LogP contribution in [-0.4, -0.2) is 27.4 Å². The van der Waals surface area contributed by atoms with Gasteiger partial charge in [0.1, 0.15) is 11.7 Å². The van der Waals surface area contributed by atoms with Gasteiger partial charge in [0.2, 0.25) is 5.95 Å². The number of aromatic nitrogens is 3. The summed E-state index contributed by atoms with van der Waals surface area (Å²) in [5.74, 6) is -1.18. The number of nitrogens with one attached hydrogen (secondary N) is 2. The van der Waals surface area contributed by atoms with Crippen molar-refractivity contribution in [2.45, 2.75) is 38.7 Å². The molecule has 3 heterocycles. The van der Waals surface area contributed by atoms with E-state index in [0.29, 0.717) is 24.0 Å². The van der Waals surface area contributed by atoms with Gasteiger partial charge in [-0.15, -0.1) is 0 Å². The zero-order valence-corrected chi connectivity index (χ0v) is 17.8. The Hall–Kier alpha value is -3.42. The van der Waals surface area contributed by atoms with Crippen LogP contribution in [0.1, 0.15) is 43.1 Å². The van der Waals surface area contributed by atoms with Crippen LogP contribution in [0.4, 0.5) is 32.3 Å². The third-order valence-electron chi connectivity index (χ3n) is 5.14. The quantitative estimate of drug-likeness (QED) is 0.488. The van der Waals surface area contributed by atoms with Gasteiger partial charge in [0.05, 0.1) is 11.5 Å². The molecule has 2 N–H and O–H groups in total. The van der Waals surface area contributed by atoms with E-state index in [4.69, 9.17) is 4.84 Å². The fraction of sp³-hybridized carbons (Fsp3) is 0.400. The first-order chi connectivity index (χ1) is 15.8. The highest BCUT2D eigenvalue weighted by Crippen LogP contribution is 2.30. The van der Waals surface area contributed by atoms with Gasteiger partial charge in [-0.3, -0.25) is 14.4 Å². The molecule has 1 aliphatic heterocycles. The minimum absolute atomic E-state index is 0.00578. The molecule has 0 aromatic carbocycles. The molecule has 34 heavy (non-hydrogen) atoms. The van der Waals surface area contributed by atoms with Crippen molar-refractivity contribution in [1.82, 2.24) is 20.4 Å². The number of hydrogen-bond donors (Lipinski definition) is 2. The van der Waals surface area contributed by atoms with E-state index in [0.717, 1.165) is 6.20 Å². The minimum Gasteiger partial charge on any atom is -0.328 e. The summed E-state index contributed by atoms with van der Waals surface area (Å²) < 4.78 is 76.7. The van der Waals surface area contributed by atoms with Crippen LogP contribution in [0, 0.1) is 5.92 Å². The number of nitrogens with zero attached hydrogens (tertiary/aromatic N) is 3. The molecular formula is C20H19F6N5O3. The number of hydrogen-bond acceptors (Lipinski definition) is 6. The smallest absolute Gasteiger partial charge is 0.328 e. The van der Waals surface area contributed by atoms with E-state index in [2.05, 4.69) is 15.4 Å². The number of carbonyl (C=O) groups is 1. The molecule has 2 aromatic heterocycles. The average molecular weight is 491 g/mol. The number of aromatic amines is 1. The van der Waals surface area contributed by atoms with Crippen molar-refractivity contribution in [1.29, 1.82) is 0 Å². The highest BCUT2D eigenvalue weighted by Gasteiger charge is 2.35. The third-order valence-corrected chi connectivity index (χ3v) is 5.14. The van der Waals surface area contributed by atoms with E-state index >= 15 is 0 Å². The van der Waals surface area contributed by atoms with Gasteiger partial charge in [0.15, 0.2) is 0 Å². The molecule has 1 amide bonds. The maximum absolute atomic E-state index is 12.9. The van der Waals surface area contributed by atoms with Crippen molar-refractivity contribution in [3.05, 3.63) is 63.5 Å². The summed E-state index contributed by atoms with van der Waals surface area (Å²) in [6.45, 7) is 3.24. The number of hydroxylamine groups is 1. The molecule has 8 nitrogen and oxygen atoms in total. The van der Waals surface area contributed by atoms with Crippen molar-refractivity contribution in [3.63, 3.8) is 0 Å². The molecule has 184 valence electrons. The predicted octanol–water partition coefficient (Wildman–Crippen LogP) is 3.74. The fourth-order valence-corrected chi connectivity index (χ4v) is 3.24. The number of pyridine rings is 1. The summed E-state index contributed by atoms with van der Waals surface area (Å²) in [5.41, 5.74) is -0.917. The lowest BCUT2D eigenvalue weighted by Gasteiger charge is -2.29. The van der Waals surface area contributed by atoms with Crippen LogP contribution in [0.2, 0.25) is 0 Å². The predicted molar refractivity (Wildman–Crippen MR) is 106 cm³/mol. The largest absolute Gasteiger partial charge is 0.421 e. The van der Waals surface area contributed by atoms with Crippen LogP contribution in [-0.2, 0) is 22.0 Å². The molecule has 0 saturated heterocycles. The van der Waals surface area contributed by atoms with Gasteiger partial charge >= 0.3 is 12.4 Å². The molecule has 1 aliphatic rings. The summed E-state index contributed by atoms with van der Waals surface area (Å²) in [4.78, 5) is 40.0. The Morgan fingerprint density at radius 1 is 1.21 bits per heavy atom. The molecule has 14 heteroatoms. The van der Waals surface area contributed by atoms with Gasteiger partial charge < -0.3 is 9.88 Å². The summed E-state index contributed by atoms with van der Waals surface area (Å²) in [5, 5.41) is 0. The molecule has 0 saturated carbocycles. The summed E-state index contributed by atoms with van der Waals surface area (Å²) in [6, 6.07) is 0.642. The summed E-state index contributed by atoms with van der Waals surface area (Å²) in [7, 11) is 0. The molecule has 0 bridgehead atoms. The topological polar surface area (TPSA) is 100 Å². The Bertz CT molecular complexity index is 1130. The Morgan fingerprint density at radius 3 is 2.41 bits per heavy atom. The van der Waals surface area contributed by atoms with E-state index in [1.54, 1.807) is 6.92 Å². The lowest BCUT2D eigenvalue weighted by molar-refractivity contribution is -0.142. The van der Waals surface area contributed by atoms with Crippen LogP contribution in [0.5, 0.6) is 0 Å². The van der Waals surface area contributed by atoms with Crippen LogP contribution >= 0.6 is 0 Å². The Kier molecular flexibility index (Phi) is 7.00. The van der Waals surface area contributed by atoms with Gasteiger partial charge in [-0.1, -0.05) is 0 Å². The molecule has 0 fully saturated rings. The van der Waals surface area contributed by atoms with Crippen LogP contribution in [0.15, 0.2) is 41.2 Å². The van der Waals surface area contributed by atoms with Crippen LogP contribution in [0.3, 0.4) is 0 Å². The van der Waals surface area contributed by atoms with Gasteiger partial charge in [0.25, 0.3) is 11.5 Å². The standard InChI is InChI=1S/C20H19F6N5O3/c1-10-9-31(18-28-7-13(8-29-18)19(21,22)23)4-3-14(10)16(32)30-34-11(2)12-5-15(20(24,25)26)17(33)27-6-12/h5-9,11,14H,3-4H2,1-2H3,(H,27,33)(H,30,32)/t11-,14?/m1/s1. The normalized spacial score (nSPS) is 17.8. The number of rotatable bonds is 5. The first kappa shape index (κ1) is 25.2. The van der Waals surface area contributed by atoms with Crippen LogP contribution in [0.25, 0.3) is 0 Å². The molecule has 3 rings (SSSR count). The van der Waals surface area contributed by atoms with Crippen molar-refractivity contribution < 1.29 is 36.0 Å². The van der Waals surface area contributed by atoms with Crippen LogP contribution < -0.4 is 15.9 Å². The Balaban J connectivity index is 1.63. The summed E-state index contributed by atoms with van der Waals surface area (Å²) in [6.07, 6.45) is -6.24. The molecule has 1 unspecified atom stereocenters. The zero-order chi connectivity index (χ0) is 25.3. The first-order valence-electron chi connectivity index (χ1n) is 9.87. The SMILES string of the molecule is CC1=CN(c2ncc(C(F)(F)F)cn2)CCC1C(=O)NO[C@H](C)c1c[nH]c(=O)c(C(F)(F)F)c1. The third kappa shape index (κ3) is 5.73. The van der Waals surface area contributed by atoms with E-state index in [-0.39, 0.29) is 24.5 Å². The lowest BCUT2D eigenvalue weighted by Crippen LogP contribution is -2.38. The highest BCUT2D eigenvalue weighted by molar-refractivity contribution is 5.81. The summed E-state index contributed by atoms with van der Waals surface area (Å²) >= 11 is 0. The van der Waals surface area contributed by atoms with Gasteiger partial charge in [0, 0.05) is 36.9 Å². The maximum atomic E-state index is 12.9. The van der Waals surface area contributed by atoms with Gasteiger partial charge in [-0.05, 0) is 31.9 Å². The van der Waals surface area contributed by atoms with E-state index in [9.17, 15) is 35.9 Å². The van der Waals surface area contributed by atoms with Crippen molar-refractivity contribution in [3.8, 4) is 0 Å². The Labute approximate surface area is 188 Å². The van der Waals surface area contributed by atoms with Crippen molar-refractivity contribution >= 4 is 11.9 Å². The zero-order valence-electron chi connectivity index (χ0n) is 17.8. The monoisotopic (exact) mass is 491 g/mol. The number of carbonyl (C=O) groups excluding carboxylic acids is 1. The lowest BCUT2D eigenvalue weighted by atomic mass is 9.94. The fourth-order valence-electron chi connectivity index (χ4n) is 3.24. The number of alkyl halides is 6. The molecule has 2 atom stereocenters.